The van der Waals surface area contributed by atoms with Crippen molar-refractivity contribution in [3.63, 3.8) is 0 Å². The van der Waals surface area contributed by atoms with E-state index in [4.69, 9.17) is 0 Å². The predicted molar refractivity (Wildman–Crippen MR) is 163 cm³/mol. The Bertz CT molecular complexity index is 1780. The minimum atomic E-state index is -0.383. The fourth-order valence-electron chi connectivity index (χ4n) is 4.53. The van der Waals surface area contributed by atoms with Crippen molar-refractivity contribution in [1.82, 2.24) is 30.0 Å². The van der Waals surface area contributed by atoms with E-state index in [-0.39, 0.29) is 17.8 Å². The number of rotatable bonds is 10. The van der Waals surface area contributed by atoms with Gasteiger partial charge in [-0.2, -0.15) is 0 Å². The molecule has 208 valence electrons. The first-order chi connectivity index (χ1) is 20.7. The third-order valence-electron chi connectivity index (χ3n) is 6.56. The summed E-state index contributed by atoms with van der Waals surface area (Å²) in [7, 11) is 0. The molecule has 0 fully saturated rings. The Labute approximate surface area is 250 Å². The highest BCUT2D eigenvalue weighted by atomic mass is 32.2. The van der Waals surface area contributed by atoms with Crippen LogP contribution in [-0.4, -0.2) is 30.6 Å². The van der Waals surface area contributed by atoms with Crippen molar-refractivity contribution < 1.29 is 9.18 Å². The van der Waals surface area contributed by atoms with Gasteiger partial charge in [0, 0.05) is 23.3 Å². The van der Waals surface area contributed by atoms with Crippen molar-refractivity contribution in [2.24, 2.45) is 0 Å². The van der Waals surface area contributed by atoms with Crippen LogP contribution in [0.1, 0.15) is 32.7 Å². The Hall–Kier alpha value is -4.67. The van der Waals surface area contributed by atoms with Crippen LogP contribution in [0.25, 0.3) is 17.1 Å². The minimum Gasteiger partial charge on any atom is -0.344 e. The smallest absolute Gasteiger partial charge is 0.271 e. The Balaban J connectivity index is 1.20. The molecule has 0 saturated carbocycles. The molecular weight excluding hydrogens is 568 g/mol. The van der Waals surface area contributed by atoms with Gasteiger partial charge >= 0.3 is 0 Å². The SMILES string of the molecule is O=C(NC(Cc1ccccc1)c1ccccc1)c1csc(CSc2nnc(-c3ccncc3)n2-c2ccccc2F)n1. The predicted octanol–water partition coefficient (Wildman–Crippen LogP) is 6.93. The lowest BCUT2D eigenvalue weighted by Gasteiger charge is -2.19. The maximum atomic E-state index is 14.9. The van der Waals surface area contributed by atoms with Crippen LogP contribution in [0.3, 0.4) is 0 Å². The van der Waals surface area contributed by atoms with E-state index in [9.17, 15) is 9.18 Å². The van der Waals surface area contributed by atoms with E-state index in [1.807, 2.05) is 60.7 Å². The highest BCUT2D eigenvalue weighted by molar-refractivity contribution is 7.98. The number of carbonyl (C=O) groups excluding carboxylic acids is 1. The first-order valence-electron chi connectivity index (χ1n) is 13.2. The number of aromatic nitrogens is 5. The number of nitrogens with one attached hydrogen (secondary N) is 1. The zero-order valence-corrected chi connectivity index (χ0v) is 23.9. The van der Waals surface area contributed by atoms with Crippen LogP contribution in [0.2, 0.25) is 0 Å². The van der Waals surface area contributed by atoms with Gasteiger partial charge < -0.3 is 5.32 Å². The largest absolute Gasteiger partial charge is 0.344 e. The molecule has 0 spiro atoms. The molecule has 6 rings (SSSR count). The summed E-state index contributed by atoms with van der Waals surface area (Å²) >= 11 is 2.78. The molecule has 10 heteroatoms. The number of hydrogen-bond acceptors (Lipinski definition) is 7. The van der Waals surface area contributed by atoms with Crippen molar-refractivity contribution in [2.45, 2.75) is 23.4 Å². The number of para-hydroxylation sites is 1. The van der Waals surface area contributed by atoms with Crippen molar-refractivity contribution >= 4 is 29.0 Å². The van der Waals surface area contributed by atoms with Gasteiger partial charge in [-0.25, -0.2) is 9.37 Å². The number of carbonyl (C=O) groups is 1. The van der Waals surface area contributed by atoms with E-state index < -0.39 is 0 Å². The molecular formula is C32H25FN6OS2. The molecule has 0 bridgehead atoms. The number of thiazole rings is 1. The summed E-state index contributed by atoms with van der Waals surface area (Å²) in [5, 5.41) is 14.9. The van der Waals surface area contributed by atoms with Gasteiger partial charge in [-0.3, -0.25) is 14.3 Å². The lowest BCUT2D eigenvalue weighted by atomic mass is 9.99. The molecule has 0 aliphatic carbocycles. The third kappa shape index (κ3) is 6.29. The molecule has 0 aliphatic heterocycles. The highest BCUT2D eigenvalue weighted by Gasteiger charge is 2.21. The number of halogens is 1. The van der Waals surface area contributed by atoms with Crippen LogP contribution < -0.4 is 5.32 Å². The number of benzene rings is 3. The van der Waals surface area contributed by atoms with Gasteiger partial charge in [-0.1, -0.05) is 84.6 Å². The van der Waals surface area contributed by atoms with Crippen LogP contribution in [0.5, 0.6) is 0 Å². The second kappa shape index (κ2) is 12.9. The number of thioether (sulfide) groups is 1. The lowest BCUT2D eigenvalue weighted by Crippen LogP contribution is -2.30. The normalized spacial score (nSPS) is 11.7. The van der Waals surface area contributed by atoms with Gasteiger partial charge in [0.05, 0.1) is 17.5 Å². The van der Waals surface area contributed by atoms with E-state index in [2.05, 4.69) is 37.6 Å². The zero-order chi connectivity index (χ0) is 28.7. The molecule has 0 aliphatic rings. The second-order valence-electron chi connectivity index (χ2n) is 9.37. The van der Waals surface area contributed by atoms with Gasteiger partial charge in [0.15, 0.2) is 11.0 Å². The van der Waals surface area contributed by atoms with Gasteiger partial charge in [-0.15, -0.1) is 21.5 Å². The van der Waals surface area contributed by atoms with Gasteiger partial charge in [0.1, 0.15) is 16.5 Å². The summed E-state index contributed by atoms with van der Waals surface area (Å²) in [4.78, 5) is 22.0. The Kier molecular flexibility index (Phi) is 8.43. The number of nitrogens with zero attached hydrogens (tertiary/aromatic N) is 5. The first kappa shape index (κ1) is 27.5. The summed E-state index contributed by atoms with van der Waals surface area (Å²) in [5.74, 6) is 0.329. The Morgan fingerprint density at radius 2 is 1.62 bits per heavy atom. The van der Waals surface area contributed by atoms with Gasteiger partial charge in [0.25, 0.3) is 5.91 Å². The first-order valence-corrected chi connectivity index (χ1v) is 15.1. The molecule has 42 heavy (non-hydrogen) atoms. The average molecular weight is 593 g/mol. The number of amides is 1. The molecule has 6 aromatic rings. The zero-order valence-electron chi connectivity index (χ0n) is 22.3. The van der Waals surface area contributed by atoms with Crippen LogP contribution >= 0.6 is 23.1 Å². The van der Waals surface area contributed by atoms with E-state index in [1.165, 1.54) is 29.2 Å². The molecule has 3 heterocycles. The molecule has 1 atom stereocenters. The fraction of sp³-hybridized carbons (Fsp3) is 0.0938. The topological polar surface area (TPSA) is 85.6 Å². The molecule has 3 aromatic heterocycles. The molecule has 0 radical (unpaired) electrons. The maximum absolute atomic E-state index is 14.9. The third-order valence-corrected chi connectivity index (χ3v) is 8.54. The van der Waals surface area contributed by atoms with Crippen LogP contribution in [0.15, 0.2) is 120 Å². The van der Waals surface area contributed by atoms with Crippen LogP contribution in [0, 0.1) is 5.82 Å². The molecule has 1 amide bonds. The van der Waals surface area contributed by atoms with Crippen LogP contribution in [-0.2, 0) is 12.2 Å². The van der Waals surface area contributed by atoms with Crippen molar-refractivity contribution in [2.75, 3.05) is 0 Å². The lowest BCUT2D eigenvalue weighted by molar-refractivity contribution is 0.0932. The number of hydrogen-bond donors (Lipinski definition) is 1. The summed E-state index contributed by atoms with van der Waals surface area (Å²) in [6, 6.07) is 30.0. The highest BCUT2D eigenvalue weighted by Crippen LogP contribution is 2.31. The average Bonchev–Trinajstić information content (AvgIpc) is 3.69. The van der Waals surface area contributed by atoms with E-state index in [0.717, 1.165) is 21.7 Å². The van der Waals surface area contributed by atoms with Gasteiger partial charge in [0.2, 0.25) is 0 Å². The van der Waals surface area contributed by atoms with E-state index in [1.54, 1.807) is 40.5 Å². The molecule has 0 saturated heterocycles. The summed E-state index contributed by atoms with van der Waals surface area (Å²) in [6.45, 7) is 0. The molecule has 3 aromatic carbocycles. The summed E-state index contributed by atoms with van der Waals surface area (Å²) in [6.07, 6.45) is 3.98. The fourth-order valence-corrected chi connectivity index (χ4v) is 6.27. The van der Waals surface area contributed by atoms with Gasteiger partial charge in [-0.05, 0) is 41.8 Å². The minimum absolute atomic E-state index is 0.202. The molecule has 1 unspecified atom stereocenters. The molecule has 7 nitrogen and oxygen atoms in total. The maximum Gasteiger partial charge on any atom is 0.271 e. The Morgan fingerprint density at radius 1 is 0.905 bits per heavy atom. The quantitative estimate of drug-likeness (QED) is 0.174. The molecule has 1 N–H and O–H groups in total. The van der Waals surface area contributed by atoms with Crippen molar-refractivity contribution in [3.8, 4) is 17.1 Å². The monoisotopic (exact) mass is 592 g/mol. The second-order valence-corrected chi connectivity index (χ2v) is 11.3. The van der Waals surface area contributed by atoms with E-state index >= 15 is 0 Å². The Morgan fingerprint density at radius 3 is 2.38 bits per heavy atom. The summed E-state index contributed by atoms with van der Waals surface area (Å²) in [5.41, 5.74) is 3.63. The standard InChI is InChI=1S/C32H25FN6OS2/c33-25-13-7-8-14-28(25)39-30(24-15-17-34-18-16-24)37-38-32(39)42-21-29-35-27(20-41-29)31(40)36-26(23-11-5-2-6-12-23)19-22-9-3-1-4-10-22/h1-18,20,26H,19,21H2,(H,36,40). The van der Waals surface area contributed by atoms with Crippen LogP contribution in [0.4, 0.5) is 4.39 Å². The van der Waals surface area contributed by atoms with Crippen molar-refractivity contribution in [3.05, 3.63) is 142 Å². The number of pyridine rings is 1. The summed E-state index contributed by atoms with van der Waals surface area (Å²) < 4.78 is 16.6. The van der Waals surface area contributed by atoms with Crippen molar-refractivity contribution in [1.29, 1.82) is 0 Å². The van der Waals surface area contributed by atoms with E-state index in [0.29, 0.717) is 34.5 Å².